The fraction of sp³-hybridized carbons (Fsp3) is 0.197. The van der Waals surface area contributed by atoms with Gasteiger partial charge < -0.3 is 61.3 Å². The molecule has 30 nitrogen and oxygen atoms in total. The van der Waals surface area contributed by atoms with Gasteiger partial charge in [-0.3, -0.25) is 78.2 Å². The van der Waals surface area contributed by atoms with Gasteiger partial charge in [0.05, 0.1) is 73.7 Å². The molecule has 0 saturated carbocycles. The van der Waals surface area contributed by atoms with Crippen molar-refractivity contribution in [3.8, 4) is 84.4 Å². The second-order valence-corrected chi connectivity index (χ2v) is 36.1. The summed E-state index contributed by atoms with van der Waals surface area (Å²) < 4.78 is 34.8. The quantitative estimate of drug-likeness (QED) is 0.0336. The summed E-state index contributed by atoms with van der Waals surface area (Å²) in [6.45, 7) is 20.7. The molecule has 3 saturated heterocycles. The van der Waals surface area contributed by atoms with E-state index in [-0.39, 0.29) is 55.0 Å². The number of amides is 5. The Morgan fingerprint density at radius 3 is 1.16 bits per heavy atom. The van der Waals surface area contributed by atoms with Crippen LogP contribution in [-0.4, -0.2) is 162 Å². The second-order valence-electron chi connectivity index (χ2n) is 36.1. The number of aryl methyl sites for hydroxylation is 3. The second kappa shape index (κ2) is 45.9. The number of hydrogen-bond acceptors (Lipinski definition) is 23. The number of fused-ring (bicyclic) bond motifs is 6. The van der Waals surface area contributed by atoms with Crippen molar-refractivity contribution in [2.75, 3.05) is 46.3 Å². The lowest BCUT2D eigenvalue weighted by Gasteiger charge is -2.32. The van der Waals surface area contributed by atoms with E-state index in [4.69, 9.17) is 40.9 Å². The summed E-state index contributed by atoms with van der Waals surface area (Å²) >= 11 is 0. The summed E-state index contributed by atoms with van der Waals surface area (Å²) in [4.78, 5) is 104. The SMILES string of the molecule is C=C(N)c1cccnc1COc1cc(-c2ccccc2)cc2ncccc12.CCn1cc(-c2cc(OCc3ncccc3C(N)=O)c3cccnc3c2)cn1.CCn1cc(-c2cc(O[C@H](C)[C@H]3CNC(=O)C3)c3cccnc3c2)cn1.C[C@@H](Oc1cc(-c2ccc(C(=O)N3CCN(C)CC3)cc2)cc2ncccc12)[C@H]1CNC(=O)C1.Cc1ccc2cc(-c3cc(OCc4ncccc4C(N)=O)c4cccnc4c3)ccc2n1. The van der Waals surface area contributed by atoms with Crippen LogP contribution in [0.25, 0.3) is 127 Å². The number of nitrogens with one attached hydrogen (secondary N) is 2. The molecule has 738 valence electrons. The number of primary amides is 2. The highest BCUT2D eigenvalue weighted by Crippen LogP contribution is 2.41. The van der Waals surface area contributed by atoms with Crippen LogP contribution in [0.5, 0.6) is 28.7 Å². The predicted octanol–water partition coefficient (Wildman–Crippen LogP) is 19.0. The summed E-state index contributed by atoms with van der Waals surface area (Å²) in [7, 11) is 2.08. The van der Waals surface area contributed by atoms with E-state index in [1.165, 1.54) is 0 Å². The first-order valence-electron chi connectivity index (χ1n) is 48.7. The van der Waals surface area contributed by atoms with E-state index in [0.29, 0.717) is 77.8 Å². The molecular weight excluding hydrogens is 1850 g/mol. The highest BCUT2D eigenvalue weighted by atomic mass is 16.5. The minimum Gasteiger partial charge on any atom is -0.490 e. The third-order valence-corrected chi connectivity index (χ3v) is 26.1. The molecular formula is C117H110N20O10. The number of likely N-dealkylation sites (N-methyl/N-ethyl adjacent to an activating group) is 1. The van der Waals surface area contributed by atoms with Gasteiger partial charge in [0.1, 0.15) is 60.8 Å². The summed E-state index contributed by atoms with van der Waals surface area (Å²) in [5.41, 5.74) is 37.6. The summed E-state index contributed by atoms with van der Waals surface area (Å²) in [5.74, 6) is 3.14. The highest BCUT2D eigenvalue weighted by molar-refractivity contribution is 5.99. The van der Waals surface area contributed by atoms with Crippen LogP contribution in [0, 0.1) is 18.8 Å². The number of aromatic nitrogens is 13. The maximum atomic E-state index is 12.9. The van der Waals surface area contributed by atoms with E-state index in [9.17, 15) is 24.0 Å². The average molecular weight is 1960 g/mol. The Bertz CT molecular complexity index is 8050. The number of carbonyl (C=O) groups is 5. The molecule has 0 unspecified atom stereocenters. The van der Waals surface area contributed by atoms with E-state index in [2.05, 4.69) is 128 Å². The number of nitrogens with two attached hydrogens (primary N) is 3. The number of ether oxygens (including phenoxy) is 5. The van der Waals surface area contributed by atoms with Gasteiger partial charge in [0.2, 0.25) is 11.8 Å². The summed E-state index contributed by atoms with van der Waals surface area (Å²) in [6.07, 6.45) is 22.3. The standard InChI is InChI=1S/C27H30N4O3.C26H20N4O2.C23H19N3O.C21H19N5O2.C20H22N4O2/c1-18(22-16-26(32)29-17-22)34-25-15-21(14-24-23(25)4-3-9-28-24)19-5-7-20(8-6-19)27(33)31-12-10-30(2)11-13-31;1-16-6-7-18-12-17(8-9-22(18)30-16)19-13-23-20(4-2-10-28-23)25(14-19)32-15-24-21(26(27)31)5-3-11-29-24;1-16(24)19-9-5-12-26-22(19)15-27-23-14-18(17-7-3-2-4-8-17)13-21-20(23)10-6-11-25-21;1-2-26-12-15(11-25-26)14-9-18-16(5-3-7-23-18)20(10-14)28-13-19-17(21(22)27)6-4-8-24-19;1-3-24-12-16(11-23-24)14-7-18-17(5-4-6-21-18)19(8-14)26-13(2)15-9-20(25)22-10-15/h3-9,14-15,18,22H,10-13,16-17H2,1-2H3,(H,29,32);2-14H,15H2,1H3,(H2,27,31);2-14H,1,15,24H2;3-12H,2,13H2,1H3,(H2,22,27);4-8,11-13,15H,3,9-10H2,1-2H3,(H,22,25)/t18-,22-;;;;13-,15-/m1...1/s1. The number of pyridine rings is 9. The van der Waals surface area contributed by atoms with Crippen LogP contribution in [0.1, 0.15) is 99.9 Å². The monoisotopic (exact) mass is 1950 g/mol. The van der Waals surface area contributed by atoms with Gasteiger partial charge in [0, 0.05) is 205 Å². The van der Waals surface area contributed by atoms with Crippen LogP contribution < -0.4 is 51.5 Å². The molecule has 147 heavy (non-hydrogen) atoms. The van der Waals surface area contributed by atoms with Crippen molar-refractivity contribution < 1.29 is 47.7 Å². The maximum absolute atomic E-state index is 12.9. The Morgan fingerprint density at radius 2 is 0.762 bits per heavy atom. The Kier molecular flexibility index (Phi) is 30.9. The number of benzene rings is 8. The van der Waals surface area contributed by atoms with Gasteiger partial charge >= 0.3 is 0 Å². The summed E-state index contributed by atoms with van der Waals surface area (Å²) in [6, 6.07) is 78.3. The molecule has 19 aromatic rings. The first-order chi connectivity index (χ1) is 71.6. The molecule has 3 aliphatic rings. The molecule has 5 amide bonds. The van der Waals surface area contributed by atoms with Crippen LogP contribution in [0.2, 0.25) is 0 Å². The minimum atomic E-state index is -0.531. The van der Waals surface area contributed by atoms with Crippen molar-refractivity contribution in [1.29, 1.82) is 0 Å². The lowest BCUT2D eigenvalue weighted by Crippen LogP contribution is -2.47. The number of rotatable bonds is 26. The molecule has 0 spiro atoms. The molecule has 3 fully saturated rings. The molecule has 3 aliphatic heterocycles. The fourth-order valence-electron chi connectivity index (χ4n) is 17.9. The Hall–Kier alpha value is -18.1. The molecule has 8 aromatic carbocycles. The molecule has 0 aliphatic carbocycles. The predicted molar refractivity (Wildman–Crippen MR) is 571 cm³/mol. The van der Waals surface area contributed by atoms with E-state index < -0.39 is 11.8 Å². The van der Waals surface area contributed by atoms with Gasteiger partial charge in [-0.2, -0.15) is 10.2 Å². The van der Waals surface area contributed by atoms with Crippen molar-refractivity contribution in [2.45, 2.75) is 92.6 Å². The number of hydrogen-bond donors (Lipinski definition) is 5. The van der Waals surface area contributed by atoms with Gasteiger partial charge in [0.15, 0.2) is 0 Å². The van der Waals surface area contributed by atoms with E-state index in [1.54, 1.807) is 73.8 Å². The largest absolute Gasteiger partial charge is 0.490 e. The first-order valence-corrected chi connectivity index (χ1v) is 48.7. The van der Waals surface area contributed by atoms with Crippen molar-refractivity contribution in [3.63, 3.8) is 0 Å². The molecule has 11 aromatic heterocycles. The highest BCUT2D eigenvalue weighted by Gasteiger charge is 2.31. The van der Waals surface area contributed by atoms with Crippen LogP contribution >= 0.6 is 0 Å². The Balaban J connectivity index is 0.000000121. The third kappa shape index (κ3) is 24.0. The van der Waals surface area contributed by atoms with Crippen LogP contribution in [-0.2, 0) is 42.5 Å². The van der Waals surface area contributed by atoms with Crippen molar-refractivity contribution in [3.05, 3.63) is 369 Å². The normalized spacial score (nSPS) is 14.2. The van der Waals surface area contributed by atoms with Gasteiger partial charge in [-0.15, -0.1) is 0 Å². The zero-order valence-electron chi connectivity index (χ0n) is 82.3. The van der Waals surface area contributed by atoms with Crippen molar-refractivity contribution >= 4 is 101 Å². The minimum absolute atomic E-state index is 0.0639. The van der Waals surface area contributed by atoms with Crippen LogP contribution in [0.4, 0.5) is 0 Å². The lowest BCUT2D eigenvalue weighted by atomic mass is 10.00. The van der Waals surface area contributed by atoms with E-state index in [1.807, 2.05) is 249 Å². The Labute approximate surface area is 849 Å². The zero-order chi connectivity index (χ0) is 102. The maximum Gasteiger partial charge on any atom is 0.253 e. The topological polar surface area (TPSA) is 392 Å². The molecule has 8 N–H and O–H groups in total. The lowest BCUT2D eigenvalue weighted by molar-refractivity contribution is -0.120. The summed E-state index contributed by atoms with van der Waals surface area (Å²) in [5, 5.41) is 20.2. The number of piperazine rings is 1. The number of carbonyl (C=O) groups excluding carboxylic acids is 5. The molecule has 0 radical (unpaired) electrons. The zero-order valence-corrected chi connectivity index (χ0v) is 82.3. The molecule has 30 heteroatoms. The molecule has 4 atom stereocenters. The molecule has 22 rings (SSSR count). The molecule has 0 bridgehead atoms. The van der Waals surface area contributed by atoms with Crippen LogP contribution in [0.15, 0.2) is 324 Å². The van der Waals surface area contributed by atoms with E-state index >= 15 is 0 Å². The Morgan fingerprint density at radius 1 is 0.395 bits per heavy atom. The average Bonchev–Trinajstić information content (AvgIpc) is 1.70. The van der Waals surface area contributed by atoms with Crippen molar-refractivity contribution in [1.82, 2.24) is 84.9 Å². The van der Waals surface area contributed by atoms with Gasteiger partial charge in [-0.25, -0.2) is 0 Å². The van der Waals surface area contributed by atoms with Gasteiger partial charge in [0.25, 0.3) is 17.7 Å². The van der Waals surface area contributed by atoms with Gasteiger partial charge in [-0.1, -0.05) is 61.2 Å². The smallest absolute Gasteiger partial charge is 0.253 e. The van der Waals surface area contributed by atoms with Crippen LogP contribution in [0.3, 0.4) is 0 Å². The first kappa shape index (κ1) is 99.1. The van der Waals surface area contributed by atoms with Gasteiger partial charge in [-0.05, 0) is 274 Å². The van der Waals surface area contributed by atoms with E-state index in [0.717, 1.165) is 195 Å². The molecule has 14 heterocycles. The third-order valence-electron chi connectivity index (χ3n) is 26.1. The fourth-order valence-corrected chi connectivity index (χ4v) is 17.9. The van der Waals surface area contributed by atoms with Crippen molar-refractivity contribution in [2.24, 2.45) is 29.0 Å². The number of nitrogens with zero attached hydrogens (tertiary/aromatic N) is 15.